The summed E-state index contributed by atoms with van der Waals surface area (Å²) in [5.74, 6) is -0.701. The summed E-state index contributed by atoms with van der Waals surface area (Å²) < 4.78 is 27.3. The van der Waals surface area contributed by atoms with Crippen LogP contribution in [-0.4, -0.2) is 66.5 Å². The number of nitrogens with zero attached hydrogens (tertiary/aromatic N) is 2. The Morgan fingerprint density at radius 2 is 1.94 bits per heavy atom. The van der Waals surface area contributed by atoms with Gasteiger partial charge in [0.25, 0.3) is 5.91 Å². The van der Waals surface area contributed by atoms with E-state index < -0.39 is 0 Å². The van der Waals surface area contributed by atoms with Crippen LogP contribution in [0.1, 0.15) is 60.4 Å². The summed E-state index contributed by atoms with van der Waals surface area (Å²) in [5, 5.41) is 3.10. The van der Waals surface area contributed by atoms with Crippen LogP contribution in [0.4, 0.5) is 4.39 Å². The minimum atomic E-state index is -0.365. The number of carbonyl (C=O) groups is 1. The van der Waals surface area contributed by atoms with Crippen molar-refractivity contribution in [3.8, 4) is 0 Å². The largest absolute Gasteiger partial charge is 0.379 e. The van der Waals surface area contributed by atoms with Crippen LogP contribution in [0.25, 0.3) is 0 Å². The minimum absolute atomic E-state index is 0.0706. The predicted octanol–water partition coefficient (Wildman–Crippen LogP) is 3.30. The number of aromatic nitrogens is 1. The Labute approximate surface area is 212 Å². The van der Waals surface area contributed by atoms with E-state index in [1.807, 2.05) is 26.8 Å². The molecule has 0 saturated carbocycles. The number of carbonyl (C=O) groups excluding carboxylic acids is 1. The fraction of sp³-hybridized carbons (Fsp3) is 0.571. The van der Waals surface area contributed by atoms with Crippen LogP contribution in [0.5, 0.6) is 0 Å². The average Bonchev–Trinajstić information content (AvgIpc) is 2.81. The maximum absolute atomic E-state index is 14.0. The van der Waals surface area contributed by atoms with E-state index >= 15 is 0 Å². The molecule has 1 atom stereocenters. The van der Waals surface area contributed by atoms with Gasteiger partial charge in [-0.05, 0) is 57.7 Å². The molecule has 7 nitrogen and oxygen atoms in total. The second-order valence-corrected chi connectivity index (χ2v) is 10.5. The van der Waals surface area contributed by atoms with Gasteiger partial charge in [0.1, 0.15) is 11.4 Å². The van der Waals surface area contributed by atoms with Crippen LogP contribution < -0.4 is 10.7 Å². The summed E-state index contributed by atoms with van der Waals surface area (Å²) in [5.41, 5.74) is 1.69. The highest BCUT2D eigenvalue weighted by Gasteiger charge is 2.31. The van der Waals surface area contributed by atoms with Crippen LogP contribution in [0.15, 0.2) is 35.1 Å². The third kappa shape index (κ3) is 6.81. The first-order valence-corrected chi connectivity index (χ1v) is 12.9. The zero-order chi connectivity index (χ0) is 25.7. The lowest BCUT2D eigenvalue weighted by Crippen LogP contribution is -2.47. The highest BCUT2D eigenvalue weighted by atomic mass is 19.1. The molecule has 36 heavy (non-hydrogen) atoms. The molecule has 2 saturated heterocycles. The van der Waals surface area contributed by atoms with Gasteiger partial charge in [0.15, 0.2) is 5.43 Å². The number of amides is 1. The van der Waals surface area contributed by atoms with Gasteiger partial charge < -0.3 is 19.4 Å². The Kier molecular flexibility index (Phi) is 8.59. The van der Waals surface area contributed by atoms with Crippen molar-refractivity contribution < 1.29 is 18.7 Å². The van der Waals surface area contributed by atoms with Crippen molar-refractivity contribution in [3.05, 3.63) is 68.9 Å². The van der Waals surface area contributed by atoms with E-state index in [2.05, 4.69) is 14.8 Å². The lowest BCUT2D eigenvalue weighted by molar-refractivity contribution is -0.0615. The number of ether oxygens (including phenoxy) is 2. The fourth-order valence-electron chi connectivity index (χ4n) is 5.30. The summed E-state index contributed by atoms with van der Waals surface area (Å²) in [6.07, 6.45) is 2.55. The second-order valence-electron chi connectivity index (χ2n) is 10.5. The first-order valence-electron chi connectivity index (χ1n) is 12.9. The van der Waals surface area contributed by atoms with Crippen molar-refractivity contribution in [2.45, 2.75) is 64.6 Å². The minimum Gasteiger partial charge on any atom is -0.379 e. The molecule has 1 aromatic heterocycles. The van der Waals surface area contributed by atoms with Gasteiger partial charge in [0.2, 0.25) is 0 Å². The van der Waals surface area contributed by atoms with Crippen LogP contribution >= 0.6 is 0 Å². The van der Waals surface area contributed by atoms with Crippen LogP contribution in [0.3, 0.4) is 0 Å². The molecule has 2 aliphatic rings. The van der Waals surface area contributed by atoms with E-state index in [0.717, 1.165) is 50.5 Å². The Morgan fingerprint density at radius 3 is 2.67 bits per heavy atom. The van der Waals surface area contributed by atoms with E-state index in [9.17, 15) is 14.0 Å². The molecular weight excluding hydrogens is 461 g/mol. The van der Waals surface area contributed by atoms with Crippen molar-refractivity contribution in [3.63, 3.8) is 0 Å². The third-order valence-electron chi connectivity index (χ3n) is 7.11. The molecule has 2 aromatic rings. The van der Waals surface area contributed by atoms with Gasteiger partial charge in [-0.2, -0.15) is 0 Å². The number of pyridine rings is 1. The SMILES string of the molecule is Cc1cc(=O)c(C(=O)N[C@@H]2CCOC(C)(C)C2)c(Cc2cccc(F)c2)n1CCCN1CCOCC1. The Balaban J connectivity index is 1.63. The molecule has 1 amide bonds. The molecule has 3 heterocycles. The number of rotatable bonds is 8. The molecular formula is C28H38FN3O4. The summed E-state index contributed by atoms with van der Waals surface area (Å²) in [7, 11) is 0. The monoisotopic (exact) mass is 499 g/mol. The molecule has 0 radical (unpaired) electrons. The Morgan fingerprint density at radius 1 is 1.17 bits per heavy atom. The van der Waals surface area contributed by atoms with E-state index in [-0.39, 0.29) is 34.4 Å². The van der Waals surface area contributed by atoms with Crippen molar-refractivity contribution >= 4 is 5.91 Å². The number of hydrogen-bond donors (Lipinski definition) is 1. The zero-order valence-corrected chi connectivity index (χ0v) is 21.6. The van der Waals surface area contributed by atoms with Crippen molar-refractivity contribution in [1.82, 2.24) is 14.8 Å². The lowest BCUT2D eigenvalue weighted by Gasteiger charge is -2.36. The van der Waals surface area contributed by atoms with Crippen molar-refractivity contribution in [2.75, 3.05) is 39.5 Å². The first-order chi connectivity index (χ1) is 17.2. The zero-order valence-electron chi connectivity index (χ0n) is 21.6. The maximum atomic E-state index is 14.0. The molecule has 4 rings (SSSR count). The van der Waals surface area contributed by atoms with Gasteiger partial charge in [-0.3, -0.25) is 14.5 Å². The van der Waals surface area contributed by atoms with Gasteiger partial charge in [-0.1, -0.05) is 12.1 Å². The quantitative estimate of drug-likeness (QED) is 0.604. The van der Waals surface area contributed by atoms with Crippen molar-refractivity contribution in [1.29, 1.82) is 0 Å². The van der Waals surface area contributed by atoms with Gasteiger partial charge in [-0.25, -0.2) is 4.39 Å². The molecule has 2 fully saturated rings. The lowest BCUT2D eigenvalue weighted by atomic mass is 9.93. The average molecular weight is 500 g/mol. The van der Waals surface area contributed by atoms with Gasteiger partial charge >= 0.3 is 0 Å². The maximum Gasteiger partial charge on any atom is 0.257 e. The third-order valence-corrected chi connectivity index (χ3v) is 7.11. The normalized spacial score (nSPS) is 20.3. The van der Waals surface area contributed by atoms with Crippen LogP contribution in [0, 0.1) is 12.7 Å². The van der Waals surface area contributed by atoms with Crippen LogP contribution in [0.2, 0.25) is 0 Å². The molecule has 2 aliphatic heterocycles. The number of halogens is 1. The van der Waals surface area contributed by atoms with Gasteiger partial charge in [0.05, 0.1) is 18.8 Å². The number of aryl methyl sites for hydroxylation is 1. The van der Waals surface area contributed by atoms with Gasteiger partial charge in [-0.15, -0.1) is 0 Å². The predicted molar refractivity (Wildman–Crippen MR) is 137 cm³/mol. The fourth-order valence-corrected chi connectivity index (χ4v) is 5.30. The van der Waals surface area contributed by atoms with E-state index in [4.69, 9.17) is 9.47 Å². The second kappa shape index (κ2) is 11.7. The van der Waals surface area contributed by atoms with E-state index in [0.29, 0.717) is 38.1 Å². The molecule has 0 bridgehead atoms. The molecule has 0 unspecified atom stereocenters. The number of morpholine rings is 1. The van der Waals surface area contributed by atoms with E-state index in [1.54, 1.807) is 12.1 Å². The van der Waals surface area contributed by atoms with Crippen molar-refractivity contribution in [2.24, 2.45) is 0 Å². The number of hydrogen-bond acceptors (Lipinski definition) is 5. The summed E-state index contributed by atoms with van der Waals surface area (Å²) in [6.45, 7) is 11.4. The van der Waals surface area contributed by atoms with Gasteiger partial charge in [0, 0.05) is 62.7 Å². The Bertz CT molecular complexity index is 1120. The summed E-state index contributed by atoms with van der Waals surface area (Å²) in [6, 6.07) is 7.83. The van der Waals surface area contributed by atoms with E-state index in [1.165, 1.54) is 12.1 Å². The molecule has 1 N–H and O–H groups in total. The molecule has 196 valence electrons. The van der Waals surface area contributed by atoms with Crippen LogP contribution in [-0.2, 0) is 22.4 Å². The number of benzene rings is 1. The number of nitrogens with one attached hydrogen (secondary N) is 1. The smallest absolute Gasteiger partial charge is 0.257 e. The highest BCUT2D eigenvalue weighted by Crippen LogP contribution is 2.24. The highest BCUT2D eigenvalue weighted by molar-refractivity contribution is 5.95. The summed E-state index contributed by atoms with van der Waals surface area (Å²) >= 11 is 0. The molecule has 8 heteroatoms. The standard InChI is InChI=1S/C28H38FN3O4/c1-20-16-25(33)26(27(34)30-23-8-13-36-28(2,3)19-23)24(18-21-6-4-7-22(29)17-21)32(20)10-5-9-31-11-14-35-15-12-31/h4,6-7,16-17,23H,5,8-15,18-19H2,1-3H3,(H,30,34)/t23-/m1/s1. The molecule has 1 aromatic carbocycles. The first kappa shape index (κ1) is 26.5. The summed E-state index contributed by atoms with van der Waals surface area (Å²) in [4.78, 5) is 29.1. The topological polar surface area (TPSA) is 72.8 Å². The Hall–Kier alpha value is -2.55. The molecule has 0 aliphatic carbocycles. The molecule has 0 spiro atoms.